The van der Waals surface area contributed by atoms with Crippen LogP contribution in [0, 0.1) is 0 Å². The highest BCUT2D eigenvalue weighted by atomic mass is 16.5. The first-order valence-electron chi connectivity index (χ1n) is 12.8. The van der Waals surface area contributed by atoms with E-state index in [0.29, 0.717) is 26.1 Å². The molecule has 2 N–H and O–H groups in total. The molecule has 1 unspecified atom stereocenters. The number of ether oxygens (including phenoxy) is 2. The number of carbonyl (C=O) groups is 2. The monoisotopic (exact) mass is 488 g/mol. The molecule has 3 aromatic carbocycles. The molecule has 6 heteroatoms. The highest BCUT2D eigenvalue weighted by Crippen LogP contribution is 2.35. The van der Waals surface area contributed by atoms with Crippen molar-refractivity contribution >= 4 is 22.6 Å². The van der Waals surface area contributed by atoms with Crippen LogP contribution in [0.4, 0.5) is 0 Å². The Bertz CT molecular complexity index is 1160. The molecule has 36 heavy (non-hydrogen) atoms. The van der Waals surface area contributed by atoms with Crippen LogP contribution in [-0.2, 0) is 30.9 Å². The minimum absolute atomic E-state index is 0.125. The van der Waals surface area contributed by atoms with E-state index < -0.39 is 11.4 Å². The van der Waals surface area contributed by atoms with Crippen LogP contribution in [0.3, 0.4) is 0 Å². The predicted molar refractivity (Wildman–Crippen MR) is 142 cm³/mol. The molecule has 190 valence electrons. The number of hydrogen-bond acceptors (Lipinski definition) is 5. The molecule has 1 saturated heterocycles. The molecule has 0 aromatic heterocycles. The topological polar surface area (TPSA) is 76.7 Å². The van der Waals surface area contributed by atoms with Crippen molar-refractivity contribution in [3.63, 3.8) is 0 Å². The summed E-state index contributed by atoms with van der Waals surface area (Å²) in [7, 11) is 1.32. The second-order valence-electron chi connectivity index (χ2n) is 9.50. The maximum atomic E-state index is 13.1. The minimum atomic E-state index is -0.680. The Balaban J connectivity index is 1.33. The molecular formula is C30H36N2O4. The molecule has 0 spiro atoms. The molecule has 4 rings (SSSR count). The van der Waals surface area contributed by atoms with E-state index in [1.54, 1.807) is 0 Å². The molecule has 1 aliphatic rings. The van der Waals surface area contributed by atoms with Gasteiger partial charge in [0.05, 0.1) is 12.5 Å². The fourth-order valence-corrected chi connectivity index (χ4v) is 5.10. The lowest BCUT2D eigenvalue weighted by atomic mass is 9.73. The molecule has 1 heterocycles. The van der Waals surface area contributed by atoms with Crippen LogP contribution in [-0.4, -0.2) is 45.3 Å². The molecule has 3 aromatic rings. The highest BCUT2D eigenvalue weighted by Gasteiger charge is 2.41. The van der Waals surface area contributed by atoms with Crippen molar-refractivity contribution in [1.29, 1.82) is 0 Å². The molecular weight excluding hydrogens is 452 g/mol. The molecule has 0 radical (unpaired) electrons. The zero-order valence-corrected chi connectivity index (χ0v) is 21.2. The second-order valence-corrected chi connectivity index (χ2v) is 9.50. The lowest BCUT2D eigenvalue weighted by Gasteiger charge is -2.36. The molecule has 0 saturated carbocycles. The van der Waals surface area contributed by atoms with Crippen molar-refractivity contribution in [3.05, 3.63) is 83.4 Å². The second kappa shape index (κ2) is 12.2. The Morgan fingerprint density at radius 1 is 1.00 bits per heavy atom. The van der Waals surface area contributed by atoms with Crippen molar-refractivity contribution < 1.29 is 19.1 Å². The summed E-state index contributed by atoms with van der Waals surface area (Å²) < 4.78 is 10.2. The largest absolute Gasteiger partial charge is 0.468 e. The lowest BCUT2D eigenvalue weighted by Crippen LogP contribution is -2.49. The van der Waals surface area contributed by atoms with Gasteiger partial charge in [-0.1, -0.05) is 66.7 Å². The van der Waals surface area contributed by atoms with E-state index in [-0.39, 0.29) is 18.5 Å². The normalized spacial score (nSPS) is 15.8. The van der Waals surface area contributed by atoms with Gasteiger partial charge in [0.1, 0.15) is 6.54 Å². The summed E-state index contributed by atoms with van der Waals surface area (Å²) >= 11 is 0. The number of methoxy groups -OCH3 is 1. The van der Waals surface area contributed by atoms with E-state index in [4.69, 9.17) is 4.74 Å². The number of benzene rings is 3. The number of aryl methyl sites for hydroxylation is 1. The highest BCUT2D eigenvalue weighted by molar-refractivity contribution is 5.91. The van der Waals surface area contributed by atoms with Gasteiger partial charge in [-0.25, -0.2) is 0 Å². The van der Waals surface area contributed by atoms with Crippen molar-refractivity contribution in [3.8, 4) is 0 Å². The molecule has 1 amide bonds. The van der Waals surface area contributed by atoms with Gasteiger partial charge in [-0.2, -0.15) is 0 Å². The smallest absolute Gasteiger partial charge is 0.325 e. The fourth-order valence-electron chi connectivity index (χ4n) is 5.10. The first-order valence-corrected chi connectivity index (χ1v) is 12.8. The summed E-state index contributed by atoms with van der Waals surface area (Å²) in [6.07, 6.45) is 3.16. The van der Waals surface area contributed by atoms with E-state index in [9.17, 15) is 9.59 Å². The summed E-state index contributed by atoms with van der Waals surface area (Å²) in [5, 5.41) is 8.99. The van der Waals surface area contributed by atoms with Gasteiger partial charge in [0.15, 0.2) is 0 Å². The average Bonchev–Trinajstić information content (AvgIpc) is 2.94. The maximum absolute atomic E-state index is 13.1. The Hall–Kier alpha value is -3.22. The zero-order chi connectivity index (χ0) is 25.4. The van der Waals surface area contributed by atoms with E-state index in [1.807, 2.05) is 0 Å². The lowest BCUT2D eigenvalue weighted by molar-refractivity contribution is -0.142. The van der Waals surface area contributed by atoms with Crippen LogP contribution < -0.4 is 10.6 Å². The van der Waals surface area contributed by atoms with Gasteiger partial charge in [-0.3, -0.25) is 9.59 Å². The summed E-state index contributed by atoms with van der Waals surface area (Å²) in [4.78, 5) is 24.6. The molecule has 0 aliphatic carbocycles. The number of nitrogens with one attached hydrogen (secondary N) is 2. The number of esters is 1. The summed E-state index contributed by atoms with van der Waals surface area (Å²) in [6, 6.07) is 23.6. The molecule has 1 aliphatic heterocycles. The van der Waals surface area contributed by atoms with Gasteiger partial charge in [-0.05, 0) is 66.6 Å². The molecule has 6 nitrogen and oxygen atoms in total. The number of carbonyl (C=O) groups excluding carboxylic acids is 2. The van der Waals surface area contributed by atoms with Crippen LogP contribution in [0.15, 0.2) is 66.7 Å². The molecule has 1 atom stereocenters. The van der Waals surface area contributed by atoms with Crippen LogP contribution >= 0.6 is 0 Å². The standard InChI is InChI=1S/C30H36N2O4/c1-22(26-11-5-9-24-8-3-4-10-27(24)26)31-18-6-7-23-12-14-25(15-13-23)30(16-19-36-20-17-30)29(34)32-21-28(33)35-2/h3-5,8-15,22,31H,6-7,16-21H2,1-2H3,(H,32,34). The van der Waals surface area contributed by atoms with E-state index in [2.05, 4.69) is 89.0 Å². The Morgan fingerprint density at radius 2 is 1.72 bits per heavy atom. The third-order valence-corrected chi connectivity index (χ3v) is 7.29. The van der Waals surface area contributed by atoms with Crippen molar-refractivity contribution in [1.82, 2.24) is 10.6 Å². The number of fused-ring (bicyclic) bond motifs is 1. The average molecular weight is 489 g/mol. The molecule has 1 fully saturated rings. The first kappa shape index (κ1) is 25.9. The van der Waals surface area contributed by atoms with E-state index in [0.717, 1.165) is 24.9 Å². The van der Waals surface area contributed by atoms with Crippen molar-refractivity contribution in [2.75, 3.05) is 33.4 Å². The number of rotatable bonds is 10. The van der Waals surface area contributed by atoms with Gasteiger partial charge < -0.3 is 20.1 Å². The third kappa shape index (κ3) is 5.94. The van der Waals surface area contributed by atoms with Crippen LogP contribution in [0.25, 0.3) is 10.8 Å². The van der Waals surface area contributed by atoms with Gasteiger partial charge in [0.2, 0.25) is 5.91 Å². The third-order valence-electron chi connectivity index (χ3n) is 7.29. The van der Waals surface area contributed by atoms with Crippen LogP contribution in [0.1, 0.15) is 48.9 Å². The quantitative estimate of drug-likeness (QED) is 0.326. The fraction of sp³-hybridized carbons (Fsp3) is 0.400. The van der Waals surface area contributed by atoms with Gasteiger partial charge in [0, 0.05) is 19.3 Å². The van der Waals surface area contributed by atoms with Crippen molar-refractivity contribution in [2.24, 2.45) is 0 Å². The van der Waals surface area contributed by atoms with Crippen molar-refractivity contribution in [2.45, 2.75) is 44.1 Å². The van der Waals surface area contributed by atoms with Crippen LogP contribution in [0.5, 0.6) is 0 Å². The molecule has 0 bridgehead atoms. The predicted octanol–water partition coefficient (Wildman–Crippen LogP) is 4.46. The first-order chi connectivity index (χ1) is 17.5. The minimum Gasteiger partial charge on any atom is -0.468 e. The summed E-state index contributed by atoms with van der Waals surface area (Å²) in [5.74, 6) is -0.597. The van der Waals surface area contributed by atoms with Gasteiger partial charge in [0.25, 0.3) is 0 Å². The van der Waals surface area contributed by atoms with E-state index in [1.165, 1.54) is 29.0 Å². The van der Waals surface area contributed by atoms with E-state index >= 15 is 0 Å². The zero-order valence-electron chi connectivity index (χ0n) is 21.2. The number of amides is 1. The van der Waals surface area contributed by atoms with Gasteiger partial charge >= 0.3 is 5.97 Å². The van der Waals surface area contributed by atoms with Gasteiger partial charge in [-0.15, -0.1) is 0 Å². The Kier molecular flexibility index (Phi) is 8.73. The summed E-state index contributed by atoms with van der Waals surface area (Å²) in [6.45, 7) is 4.06. The summed E-state index contributed by atoms with van der Waals surface area (Å²) in [5.41, 5.74) is 2.86. The Morgan fingerprint density at radius 3 is 2.47 bits per heavy atom. The number of hydrogen-bond donors (Lipinski definition) is 2. The van der Waals surface area contributed by atoms with Crippen LogP contribution in [0.2, 0.25) is 0 Å². The maximum Gasteiger partial charge on any atom is 0.325 e. The Labute approximate surface area is 213 Å². The SMILES string of the molecule is COC(=O)CNC(=O)C1(c2ccc(CCCNC(C)c3cccc4ccccc34)cc2)CCOCC1.